The maximum Gasteiger partial charge on any atom is 1.00 e. The maximum atomic E-state index is 11.2. The zero-order chi connectivity index (χ0) is 25.6. The number of aromatic nitrogens is 6. The fraction of sp³-hybridized carbons (Fsp3) is 0.467. The van der Waals surface area contributed by atoms with E-state index in [0.717, 1.165) is 14.2 Å². The van der Waals surface area contributed by atoms with Crippen LogP contribution in [0.25, 0.3) is 0 Å². The van der Waals surface area contributed by atoms with Crippen molar-refractivity contribution in [3.8, 4) is 0 Å². The summed E-state index contributed by atoms with van der Waals surface area (Å²) in [7, 11) is 4.68. The predicted molar refractivity (Wildman–Crippen MR) is 123 cm³/mol. The van der Waals surface area contributed by atoms with Gasteiger partial charge in [0.2, 0.25) is 48.1 Å². The first-order valence-electron chi connectivity index (χ1n) is 8.48. The number of hydrogen-bond acceptors (Lipinski definition) is 20. The molecule has 0 amide bonds. The lowest BCUT2D eigenvalue weighted by molar-refractivity contribution is -0.150. The predicted octanol–water partition coefficient (Wildman–Crippen LogP) is -3.29. The van der Waals surface area contributed by atoms with Crippen LogP contribution in [0.5, 0.6) is 0 Å². The van der Waals surface area contributed by atoms with Crippen molar-refractivity contribution in [3.05, 3.63) is 0 Å². The Bertz CT molecular complexity index is 872. The monoisotopic (exact) mass is 508 g/mol. The molecule has 2 unspecified atom stereocenters. The third kappa shape index (κ3) is 13.0. The molecule has 2 heterocycles. The highest BCUT2D eigenvalue weighted by molar-refractivity contribution is 5.77. The molecule has 2 aromatic rings. The summed E-state index contributed by atoms with van der Waals surface area (Å²) in [6, 6.07) is 0. The average Bonchev–Trinajstić information content (AvgIpc) is 2.76. The van der Waals surface area contributed by atoms with Crippen LogP contribution in [-0.2, 0) is 23.8 Å². The van der Waals surface area contributed by atoms with Crippen molar-refractivity contribution in [2.24, 2.45) is 0 Å². The number of hydrogen-bond donors (Lipinski definition) is 8. The quantitative estimate of drug-likeness (QED) is 0.134. The molecule has 2 aromatic heterocycles. The molecule has 2 atom stereocenters. The Hall–Kier alpha value is -4.40. The van der Waals surface area contributed by atoms with E-state index in [1.165, 1.54) is 14.2 Å². The van der Waals surface area contributed by atoms with Crippen LogP contribution in [0.3, 0.4) is 0 Å². The first kappa shape index (κ1) is 35.2. The minimum Gasteiger partial charge on any atom is -0.870 e. The second-order valence-electron chi connectivity index (χ2n) is 5.10. The lowest BCUT2D eigenvalue weighted by Gasteiger charge is -2.14. The largest absolute Gasteiger partial charge is 1.00 e. The second kappa shape index (κ2) is 18.1. The molecule has 0 fully saturated rings. The lowest BCUT2D eigenvalue weighted by Crippen LogP contribution is -2.33. The molecular weight excluding hydrogens is 476 g/mol. The first-order valence-corrected chi connectivity index (χ1v) is 8.48. The van der Waals surface area contributed by atoms with E-state index in [0.29, 0.717) is 0 Å². The van der Waals surface area contributed by atoms with E-state index in [1.807, 2.05) is 0 Å². The topological polar surface area (TPSA) is 338 Å². The van der Waals surface area contributed by atoms with Gasteiger partial charge in [0.05, 0.1) is 14.2 Å². The van der Waals surface area contributed by atoms with Crippen molar-refractivity contribution in [2.45, 2.75) is 19.9 Å². The van der Waals surface area contributed by atoms with Gasteiger partial charge in [-0.05, 0) is 0 Å². The zero-order valence-electron chi connectivity index (χ0n) is 19.5. The molecule has 13 N–H and O–H groups in total. The highest BCUT2D eigenvalue weighted by atomic mass is 16.6. The Morgan fingerprint density at radius 3 is 1.43 bits per heavy atom. The SMILES string of the molecule is C.CO.COC(=O)C(Nc1nc(N)nc(N)n1)OC.COC(=O)C(O)Nc1nc(N)nc(N)n1.[H+].[OH-]. The van der Waals surface area contributed by atoms with Gasteiger partial charge in [0, 0.05) is 14.2 Å². The number of nitrogens with zero attached hydrogens (tertiary/aromatic N) is 6. The fourth-order valence-corrected chi connectivity index (χ4v) is 1.68. The van der Waals surface area contributed by atoms with E-state index in [9.17, 15) is 14.7 Å². The zero-order valence-corrected chi connectivity index (χ0v) is 18.5. The first-order chi connectivity index (χ1) is 15.6. The number of nitrogen functional groups attached to an aromatic ring is 4. The summed E-state index contributed by atoms with van der Waals surface area (Å²) in [6.45, 7) is 0. The molecule has 0 aromatic carbocycles. The number of rotatable bonds is 7. The van der Waals surface area contributed by atoms with Gasteiger partial charge in [-0.2, -0.15) is 29.9 Å². The molecule has 20 heteroatoms. The summed E-state index contributed by atoms with van der Waals surface area (Å²) in [5.74, 6) is -1.96. The normalized spacial score (nSPS) is 10.7. The van der Waals surface area contributed by atoms with Crippen molar-refractivity contribution in [3.63, 3.8) is 0 Å². The maximum absolute atomic E-state index is 11.2. The van der Waals surface area contributed by atoms with E-state index in [-0.39, 0.29) is 50.0 Å². The van der Waals surface area contributed by atoms with Crippen LogP contribution < -0.4 is 33.6 Å². The van der Waals surface area contributed by atoms with E-state index in [1.54, 1.807) is 0 Å². The van der Waals surface area contributed by atoms with Crippen molar-refractivity contribution < 1.29 is 40.9 Å². The van der Waals surface area contributed by atoms with Gasteiger partial charge >= 0.3 is 13.4 Å². The fourth-order valence-electron chi connectivity index (χ4n) is 1.68. The molecule has 2 rings (SSSR count). The Balaban J connectivity index is -0.000000247. The summed E-state index contributed by atoms with van der Waals surface area (Å²) in [4.78, 5) is 43.7. The summed E-state index contributed by atoms with van der Waals surface area (Å²) in [6.07, 6.45) is -2.62. The molecule has 20 nitrogen and oxygen atoms in total. The van der Waals surface area contributed by atoms with Crippen LogP contribution in [0, 0.1) is 0 Å². The molecule has 0 aliphatic heterocycles. The number of aliphatic hydroxyl groups excluding tert-OH is 2. The van der Waals surface area contributed by atoms with E-state index in [2.05, 4.69) is 50.0 Å². The standard InChI is InChI=1S/C7H12N6O3.C6H10N6O3.CH4O.CH4.H2O/c1-15-3(4(14)16-2)10-7-12-5(8)11-6(9)13-7;1-15-3(14)2(13)9-6-11-4(7)10-5(8)12-6;1-2;;/h3H,1-2H3,(H5,8,9,10,11,12,13);2,13H,1H3,(H5,7,8,9,10,11,12);2H,1H3;1H4;1H2. The number of carbonyl (C=O) groups excluding carboxylic acids is 2. The lowest BCUT2D eigenvalue weighted by atomic mass is 10.5. The molecule has 0 saturated heterocycles. The smallest absolute Gasteiger partial charge is 0.870 e. The number of ether oxygens (including phenoxy) is 3. The van der Waals surface area contributed by atoms with E-state index < -0.39 is 24.4 Å². The number of methoxy groups -OCH3 is 3. The summed E-state index contributed by atoms with van der Waals surface area (Å²) in [5, 5.41) is 21.0. The van der Waals surface area contributed by atoms with Crippen LogP contribution in [-0.4, -0.2) is 98.4 Å². The number of aliphatic hydroxyl groups is 2. The number of carbonyl (C=O) groups is 2. The van der Waals surface area contributed by atoms with Crippen molar-refractivity contribution in [1.82, 2.24) is 29.9 Å². The molecule has 35 heavy (non-hydrogen) atoms. The number of nitrogens with two attached hydrogens (primary N) is 4. The van der Waals surface area contributed by atoms with Crippen molar-refractivity contribution >= 4 is 47.6 Å². The van der Waals surface area contributed by atoms with Crippen molar-refractivity contribution in [1.29, 1.82) is 0 Å². The summed E-state index contributed by atoms with van der Waals surface area (Å²) in [5.41, 5.74) is 21.2. The third-order valence-corrected chi connectivity index (χ3v) is 2.94. The number of nitrogens with one attached hydrogen (secondary N) is 2. The van der Waals surface area contributed by atoms with Gasteiger partial charge in [-0.1, -0.05) is 7.43 Å². The second-order valence-corrected chi connectivity index (χ2v) is 5.10. The minimum atomic E-state index is -1.59. The van der Waals surface area contributed by atoms with E-state index >= 15 is 0 Å². The van der Waals surface area contributed by atoms with Gasteiger partial charge in [0.1, 0.15) is 0 Å². The molecular formula is C15H32N12O8. The van der Waals surface area contributed by atoms with Crippen LogP contribution in [0.1, 0.15) is 8.85 Å². The Kier molecular flexibility index (Phi) is 18.2. The van der Waals surface area contributed by atoms with Gasteiger partial charge in [0.15, 0.2) is 0 Å². The van der Waals surface area contributed by atoms with E-state index in [4.69, 9.17) is 32.8 Å². The number of esters is 2. The molecule has 0 saturated carbocycles. The molecule has 0 aliphatic rings. The minimum absolute atomic E-state index is 0. The third-order valence-electron chi connectivity index (χ3n) is 2.94. The molecule has 200 valence electrons. The molecule has 0 radical (unpaired) electrons. The average molecular weight is 508 g/mol. The highest BCUT2D eigenvalue weighted by Crippen LogP contribution is 2.06. The Morgan fingerprint density at radius 2 is 1.11 bits per heavy atom. The van der Waals surface area contributed by atoms with Gasteiger partial charge in [-0.15, -0.1) is 0 Å². The van der Waals surface area contributed by atoms with Gasteiger partial charge in [-0.25, -0.2) is 9.59 Å². The van der Waals surface area contributed by atoms with Gasteiger partial charge < -0.3 is 63.5 Å². The molecule has 0 bridgehead atoms. The molecule has 0 spiro atoms. The highest BCUT2D eigenvalue weighted by Gasteiger charge is 2.19. The van der Waals surface area contributed by atoms with Crippen LogP contribution >= 0.6 is 0 Å². The van der Waals surface area contributed by atoms with Crippen LogP contribution in [0.15, 0.2) is 0 Å². The van der Waals surface area contributed by atoms with Crippen LogP contribution in [0.2, 0.25) is 0 Å². The summed E-state index contributed by atoms with van der Waals surface area (Å²) < 4.78 is 13.6. The Morgan fingerprint density at radius 1 is 0.771 bits per heavy atom. The summed E-state index contributed by atoms with van der Waals surface area (Å²) >= 11 is 0. The van der Waals surface area contributed by atoms with Gasteiger partial charge in [0.25, 0.3) is 0 Å². The molecule has 0 aliphatic carbocycles. The van der Waals surface area contributed by atoms with Crippen LogP contribution in [0.4, 0.5) is 35.7 Å². The Labute approximate surface area is 201 Å². The van der Waals surface area contributed by atoms with Gasteiger partial charge in [-0.3, -0.25) is 0 Å². The number of anilines is 6. The van der Waals surface area contributed by atoms with Crippen molar-refractivity contribution in [2.75, 3.05) is 62.0 Å².